The molecule has 147 valence electrons. The van der Waals surface area contributed by atoms with Crippen LogP contribution in [0.5, 0.6) is 17.6 Å². The van der Waals surface area contributed by atoms with E-state index in [9.17, 15) is 5.11 Å². The Bertz CT molecular complexity index is 970. The summed E-state index contributed by atoms with van der Waals surface area (Å²) in [5.74, 6) is 0.775. The van der Waals surface area contributed by atoms with Gasteiger partial charge in [0, 0.05) is 5.56 Å². The number of hydrogen-bond acceptors (Lipinski definition) is 6. The van der Waals surface area contributed by atoms with Crippen LogP contribution in [-0.2, 0) is 5.11 Å². The average Bonchev–Trinajstić information content (AvgIpc) is 3.33. The van der Waals surface area contributed by atoms with E-state index < -0.39 is 0 Å². The van der Waals surface area contributed by atoms with Gasteiger partial charge in [0.15, 0.2) is 11.3 Å². The maximum atomic E-state index is 12.0. The van der Waals surface area contributed by atoms with E-state index in [1.165, 1.54) is 0 Å². The Morgan fingerprint density at radius 1 is 1.11 bits per heavy atom. The minimum absolute atomic E-state index is 0.0267. The van der Waals surface area contributed by atoms with Crippen molar-refractivity contribution in [2.24, 2.45) is 0 Å². The molecule has 7 heteroatoms. The van der Waals surface area contributed by atoms with Crippen molar-refractivity contribution >= 4 is 11.2 Å². The molecule has 3 aromatic rings. The number of aryl methyl sites for hydroxylation is 2. The summed E-state index contributed by atoms with van der Waals surface area (Å²) in [4.78, 5) is 13.4. The first-order valence-corrected chi connectivity index (χ1v) is 9.81. The van der Waals surface area contributed by atoms with E-state index in [-0.39, 0.29) is 17.9 Å². The second-order valence-electron chi connectivity index (χ2n) is 7.30. The number of rotatable bonds is 6. The summed E-state index contributed by atoms with van der Waals surface area (Å²) in [7, 11) is 0. The second kappa shape index (κ2) is 7.66. The van der Waals surface area contributed by atoms with Gasteiger partial charge in [-0.15, -0.1) is 0 Å². The highest BCUT2D eigenvalue weighted by molar-refractivity contribution is 5.78. The maximum absolute atomic E-state index is 12.0. The van der Waals surface area contributed by atoms with Crippen molar-refractivity contribution in [3.8, 4) is 29.1 Å². The van der Waals surface area contributed by atoms with Gasteiger partial charge in [-0.1, -0.05) is 6.92 Å². The van der Waals surface area contributed by atoms with Gasteiger partial charge >= 0.3 is 6.01 Å². The van der Waals surface area contributed by atoms with Crippen LogP contribution < -0.4 is 9.47 Å². The molecule has 7 nitrogen and oxygen atoms in total. The topological polar surface area (TPSA) is 90.2 Å². The predicted molar refractivity (Wildman–Crippen MR) is 103 cm³/mol. The highest BCUT2D eigenvalue weighted by Crippen LogP contribution is 2.34. The molecule has 28 heavy (non-hydrogen) atoms. The molecule has 1 radical (unpaired) electrons. The minimum atomic E-state index is 0.0267. The molecule has 1 aliphatic carbocycles. The normalized spacial score (nSPS) is 14.7. The molecule has 2 heterocycles. The van der Waals surface area contributed by atoms with Gasteiger partial charge < -0.3 is 13.9 Å². The zero-order valence-corrected chi connectivity index (χ0v) is 16.4. The molecular formula is C21H24N3O4. The Hall–Kier alpha value is -2.83. The van der Waals surface area contributed by atoms with Gasteiger partial charge in [0.1, 0.15) is 6.10 Å². The Morgan fingerprint density at radius 3 is 2.50 bits per heavy atom. The van der Waals surface area contributed by atoms with Crippen molar-refractivity contribution < 1.29 is 19.0 Å². The zero-order chi connectivity index (χ0) is 19.7. The highest BCUT2D eigenvalue weighted by Gasteiger charge is 2.22. The predicted octanol–water partition coefficient (Wildman–Crippen LogP) is 5.16. The van der Waals surface area contributed by atoms with Gasteiger partial charge in [-0.3, -0.25) is 5.11 Å². The SMILES string of the molecule is CCCOc1nc(OC2CCCC2)nc2oc(-c3cc(C)c([O])c(C)c3)nc12. The van der Waals surface area contributed by atoms with Crippen LogP contribution >= 0.6 is 0 Å². The first kappa shape index (κ1) is 18.5. The number of aromatic nitrogens is 3. The summed E-state index contributed by atoms with van der Waals surface area (Å²) < 4.78 is 17.6. The van der Waals surface area contributed by atoms with Crippen LogP contribution in [0.2, 0.25) is 0 Å². The molecule has 0 bridgehead atoms. The van der Waals surface area contributed by atoms with E-state index in [2.05, 4.69) is 15.0 Å². The minimum Gasteiger partial charge on any atom is -0.476 e. The molecule has 1 aliphatic rings. The molecule has 0 atom stereocenters. The fourth-order valence-corrected chi connectivity index (χ4v) is 3.48. The van der Waals surface area contributed by atoms with Crippen LogP contribution in [0.1, 0.15) is 50.2 Å². The molecular weight excluding hydrogens is 358 g/mol. The van der Waals surface area contributed by atoms with Gasteiger partial charge in [-0.2, -0.15) is 9.97 Å². The number of fused-ring (bicyclic) bond motifs is 1. The first-order valence-electron chi connectivity index (χ1n) is 9.81. The van der Waals surface area contributed by atoms with Crippen LogP contribution in [0.4, 0.5) is 0 Å². The second-order valence-corrected chi connectivity index (χ2v) is 7.30. The van der Waals surface area contributed by atoms with Gasteiger partial charge in [-0.05, 0) is 69.2 Å². The highest BCUT2D eigenvalue weighted by atomic mass is 16.5. The number of ether oxygens (including phenoxy) is 2. The van der Waals surface area contributed by atoms with Crippen LogP contribution in [0, 0.1) is 13.8 Å². The Kier molecular flexibility index (Phi) is 5.07. The fourth-order valence-electron chi connectivity index (χ4n) is 3.48. The third-order valence-corrected chi connectivity index (χ3v) is 4.93. The van der Waals surface area contributed by atoms with Gasteiger partial charge in [0.05, 0.1) is 6.61 Å². The summed E-state index contributed by atoms with van der Waals surface area (Å²) in [6.45, 7) is 6.11. The van der Waals surface area contributed by atoms with E-state index in [0.717, 1.165) is 37.7 Å². The lowest BCUT2D eigenvalue weighted by atomic mass is 10.1. The van der Waals surface area contributed by atoms with Gasteiger partial charge in [-0.25, -0.2) is 4.98 Å². The van der Waals surface area contributed by atoms with Crippen molar-refractivity contribution in [2.75, 3.05) is 6.61 Å². The Morgan fingerprint density at radius 2 is 1.82 bits per heavy atom. The van der Waals surface area contributed by atoms with E-state index in [4.69, 9.17) is 13.9 Å². The molecule has 0 amide bonds. The fraction of sp³-hybridized carbons (Fsp3) is 0.476. The number of oxazole rings is 1. The van der Waals surface area contributed by atoms with Crippen molar-refractivity contribution in [1.29, 1.82) is 0 Å². The summed E-state index contributed by atoms with van der Waals surface area (Å²) >= 11 is 0. The molecule has 1 saturated carbocycles. The van der Waals surface area contributed by atoms with Crippen LogP contribution in [0.25, 0.3) is 22.7 Å². The summed E-state index contributed by atoms with van der Waals surface area (Å²) in [6, 6.07) is 3.81. The van der Waals surface area contributed by atoms with Gasteiger partial charge in [0.25, 0.3) is 11.6 Å². The lowest BCUT2D eigenvalue weighted by Crippen LogP contribution is -2.13. The molecule has 0 saturated heterocycles. The number of benzene rings is 1. The quantitative estimate of drug-likeness (QED) is 0.585. The smallest absolute Gasteiger partial charge is 0.323 e. The van der Waals surface area contributed by atoms with E-state index in [1.54, 1.807) is 26.0 Å². The third kappa shape index (κ3) is 3.61. The first-order chi connectivity index (χ1) is 13.5. The zero-order valence-electron chi connectivity index (χ0n) is 16.4. The Labute approximate surface area is 163 Å². The van der Waals surface area contributed by atoms with Crippen molar-refractivity contribution in [3.63, 3.8) is 0 Å². The molecule has 1 aromatic carbocycles. The summed E-state index contributed by atoms with van der Waals surface area (Å²) in [5.41, 5.74) is 2.81. The monoisotopic (exact) mass is 382 g/mol. The van der Waals surface area contributed by atoms with Crippen LogP contribution in [0.15, 0.2) is 16.5 Å². The molecule has 4 rings (SSSR count). The maximum Gasteiger partial charge on any atom is 0.323 e. The molecule has 0 N–H and O–H groups in total. The van der Waals surface area contributed by atoms with E-state index in [0.29, 0.717) is 40.7 Å². The molecule has 0 aliphatic heterocycles. The number of hydrogen-bond donors (Lipinski definition) is 0. The van der Waals surface area contributed by atoms with E-state index >= 15 is 0 Å². The Balaban J connectivity index is 1.75. The van der Waals surface area contributed by atoms with Crippen molar-refractivity contribution in [2.45, 2.75) is 59.0 Å². The molecule has 0 unspecified atom stereocenters. The summed E-state index contributed by atoms with van der Waals surface area (Å²) in [6.07, 6.45) is 5.31. The lowest BCUT2D eigenvalue weighted by Gasteiger charge is -2.11. The van der Waals surface area contributed by atoms with Gasteiger partial charge in [0.2, 0.25) is 5.89 Å². The van der Waals surface area contributed by atoms with Crippen molar-refractivity contribution in [1.82, 2.24) is 15.0 Å². The number of nitrogens with zero attached hydrogens (tertiary/aromatic N) is 3. The summed E-state index contributed by atoms with van der Waals surface area (Å²) in [5, 5.41) is 12.0. The van der Waals surface area contributed by atoms with E-state index in [1.807, 2.05) is 6.92 Å². The average molecular weight is 382 g/mol. The third-order valence-electron chi connectivity index (χ3n) is 4.93. The standard InChI is InChI=1S/C21H24N3O4/c1-4-9-26-19-16-20(24-21(23-19)27-15-7-5-6-8-15)28-18(22-16)14-10-12(2)17(25)13(3)11-14/h10-11,15H,4-9H2,1-3H3. The molecule has 2 aromatic heterocycles. The van der Waals surface area contributed by atoms with Crippen LogP contribution in [-0.4, -0.2) is 27.7 Å². The molecule has 1 fully saturated rings. The van der Waals surface area contributed by atoms with Crippen LogP contribution in [0.3, 0.4) is 0 Å². The molecule has 0 spiro atoms. The lowest BCUT2D eigenvalue weighted by molar-refractivity contribution is 0.188. The van der Waals surface area contributed by atoms with Crippen molar-refractivity contribution in [3.05, 3.63) is 23.3 Å². The largest absolute Gasteiger partial charge is 0.476 e.